The van der Waals surface area contributed by atoms with Gasteiger partial charge in [0.15, 0.2) is 0 Å². The smallest absolute Gasteiger partial charge is 0.256 e. The van der Waals surface area contributed by atoms with Crippen LogP contribution in [0.15, 0.2) is 35.7 Å². The van der Waals surface area contributed by atoms with Crippen LogP contribution in [0.3, 0.4) is 0 Å². The molecule has 1 atom stereocenters. The molecule has 1 aromatic carbocycles. The number of hydrogen-bond donors (Lipinski definition) is 1. The number of anilines is 1. The highest BCUT2D eigenvalue weighted by Crippen LogP contribution is 2.34. The molecule has 3 rings (SSSR count). The van der Waals surface area contributed by atoms with E-state index in [2.05, 4.69) is 18.4 Å². The molecule has 0 bridgehead atoms. The van der Waals surface area contributed by atoms with Crippen molar-refractivity contribution in [3.8, 4) is 0 Å². The van der Waals surface area contributed by atoms with Crippen LogP contribution in [0.25, 0.3) is 0 Å². The molecule has 0 fully saturated rings. The van der Waals surface area contributed by atoms with Gasteiger partial charge in [0, 0.05) is 17.1 Å². The van der Waals surface area contributed by atoms with Crippen molar-refractivity contribution in [3.63, 3.8) is 0 Å². The Labute approximate surface area is 116 Å². The normalized spacial score (nSPS) is 18.2. The molecule has 0 saturated carbocycles. The summed E-state index contributed by atoms with van der Waals surface area (Å²) in [5.74, 6) is 0.0300. The number of nitrogen functional groups attached to an aromatic ring is 1. The second kappa shape index (κ2) is 4.70. The zero-order valence-electron chi connectivity index (χ0n) is 10.8. The van der Waals surface area contributed by atoms with E-state index in [0.717, 1.165) is 13.0 Å². The number of nitrogens with two attached hydrogens (primary N) is 1. The van der Waals surface area contributed by atoms with Gasteiger partial charge in [0.05, 0.1) is 11.6 Å². The van der Waals surface area contributed by atoms with Gasteiger partial charge in [-0.3, -0.25) is 4.79 Å². The molecular formula is C15H16N2OS. The van der Waals surface area contributed by atoms with Crippen molar-refractivity contribution in [2.45, 2.75) is 19.4 Å². The van der Waals surface area contributed by atoms with Crippen molar-refractivity contribution >= 4 is 22.9 Å². The molecule has 0 aliphatic carbocycles. The van der Waals surface area contributed by atoms with Crippen LogP contribution in [0.5, 0.6) is 0 Å². The van der Waals surface area contributed by atoms with E-state index in [1.807, 2.05) is 17.0 Å². The first-order chi connectivity index (χ1) is 9.18. The number of para-hydroxylation sites is 1. The highest BCUT2D eigenvalue weighted by atomic mass is 32.1. The molecule has 1 aromatic heterocycles. The summed E-state index contributed by atoms with van der Waals surface area (Å²) in [5, 5.41) is 2.10. The van der Waals surface area contributed by atoms with Gasteiger partial charge < -0.3 is 10.6 Å². The molecule has 1 aliphatic rings. The van der Waals surface area contributed by atoms with Gasteiger partial charge in [-0.1, -0.05) is 12.1 Å². The number of rotatable bonds is 1. The zero-order chi connectivity index (χ0) is 13.4. The van der Waals surface area contributed by atoms with Gasteiger partial charge in [0.2, 0.25) is 0 Å². The second-order valence-electron chi connectivity index (χ2n) is 4.81. The van der Waals surface area contributed by atoms with Crippen LogP contribution in [0.2, 0.25) is 0 Å². The third-order valence-corrected chi connectivity index (χ3v) is 4.73. The third-order valence-electron chi connectivity index (χ3n) is 3.73. The van der Waals surface area contributed by atoms with E-state index < -0.39 is 0 Å². The molecular weight excluding hydrogens is 256 g/mol. The van der Waals surface area contributed by atoms with Crippen LogP contribution < -0.4 is 5.73 Å². The number of thiophene rings is 1. The summed E-state index contributed by atoms with van der Waals surface area (Å²) in [7, 11) is 0. The number of amides is 1. The zero-order valence-corrected chi connectivity index (χ0v) is 11.6. The van der Waals surface area contributed by atoms with Crippen LogP contribution >= 0.6 is 11.3 Å². The largest absolute Gasteiger partial charge is 0.398 e. The average Bonchev–Trinajstić information content (AvgIpc) is 2.88. The standard InChI is InChI=1S/C15H16N2OS/c1-10-11-7-9-19-14(11)6-8-17(10)15(18)12-4-2-3-5-13(12)16/h2-5,7,9-10H,6,8,16H2,1H3. The highest BCUT2D eigenvalue weighted by Gasteiger charge is 2.29. The minimum absolute atomic E-state index is 0.0300. The summed E-state index contributed by atoms with van der Waals surface area (Å²) in [6.07, 6.45) is 0.940. The van der Waals surface area contributed by atoms with E-state index in [1.54, 1.807) is 23.5 Å². The predicted octanol–water partition coefficient (Wildman–Crippen LogP) is 3.09. The van der Waals surface area contributed by atoms with E-state index in [0.29, 0.717) is 11.3 Å². The molecule has 19 heavy (non-hydrogen) atoms. The van der Waals surface area contributed by atoms with Gasteiger partial charge in [0.25, 0.3) is 5.91 Å². The Hall–Kier alpha value is -1.81. The van der Waals surface area contributed by atoms with Gasteiger partial charge in [0.1, 0.15) is 0 Å². The number of nitrogens with zero attached hydrogens (tertiary/aromatic N) is 1. The Bertz CT molecular complexity index is 620. The van der Waals surface area contributed by atoms with Gasteiger partial charge in [-0.2, -0.15) is 0 Å². The van der Waals surface area contributed by atoms with Crippen LogP contribution in [-0.4, -0.2) is 17.4 Å². The fourth-order valence-corrected chi connectivity index (χ4v) is 3.60. The monoisotopic (exact) mass is 272 g/mol. The van der Waals surface area contributed by atoms with Crippen molar-refractivity contribution in [2.24, 2.45) is 0 Å². The Morgan fingerprint density at radius 3 is 2.95 bits per heavy atom. The fourth-order valence-electron chi connectivity index (χ4n) is 2.63. The minimum atomic E-state index is 0.0300. The predicted molar refractivity (Wildman–Crippen MR) is 78.3 cm³/mol. The molecule has 3 nitrogen and oxygen atoms in total. The summed E-state index contributed by atoms with van der Waals surface area (Å²) < 4.78 is 0. The lowest BCUT2D eigenvalue weighted by Gasteiger charge is -2.34. The topological polar surface area (TPSA) is 46.3 Å². The van der Waals surface area contributed by atoms with E-state index in [-0.39, 0.29) is 11.9 Å². The fraction of sp³-hybridized carbons (Fsp3) is 0.267. The maximum atomic E-state index is 12.6. The first-order valence-corrected chi connectivity index (χ1v) is 7.28. The summed E-state index contributed by atoms with van der Waals surface area (Å²) in [6.45, 7) is 2.85. The highest BCUT2D eigenvalue weighted by molar-refractivity contribution is 7.10. The van der Waals surface area contributed by atoms with Gasteiger partial charge in [-0.05, 0) is 42.5 Å². The number of hydrogen-bond acceptors (Lipinski definition) is 3. The molecule has 98 valence electrons. The lowest BCUT2D eigenvalue weighted by molar-refractivity contribution is 0.0680. The quantitative estimate of drug-likeness (QED) is 0.811. The van der Waals surface area contributed by atoms with E-state index in [4.69, 9.17) is 5.73 Å². The van der Waals surface area contributed by atoms with E-state index in [1.165, 1.54) is 10.4 Å². The summed E-state index contributed by atoms with van der Waals surface area (Å²) in [4.78, 5) is 15.9. The van der Waals surface area contributed by atoms with Crippen molar-refractivity contribution in [1.29, 1.82) is 0 Å². The molecule has 4 heteroatoms. The third kappa shape index (κ3) is 2.02. The molecule has 0 radical (unpaired) electrons. The molecule has 2 heterocycles. The van der Waals surface area contributed by atoms with Gasteiger partial charge >= 0.3 is 0 Å². The second-order valence-corrected chi connectivity index (χ2v) is 5.81. The molecule has 1 amide bonds. The lowest BCUT2D eigenvalue weighted by atomic mass is 10.00. The van der Waals surface area contributed by atoms with E-state index in [9.17, 15) is 4.79 Å². The van der Waals surface area contributed by atoms with Gasteiger partial charge in [-0.25, -0.2) is 0 Å². The summed E-state index contributed by atoms with van der Waals surface area (Å²) in [6, 6.07) is 9.53. The number of carbonyl (C=O) groups excluding carboxylic acids is 1. The Morgan fingerprint density at radius 1 is 1.37 bits per heavy atom. The van der Waals surface area contributed by atoms with Crippen LogP contribution in [0.1, 0.15) is 33.8 Å². The van der Waals surface area contributed by atoms with Crippen LogP contribution in [-0.2, 0) is 6.42 Å². The Balaban J connectivity index is 1.92. The first kappa shape index (κ1) is 12.2. The molecule has 2 N–H and O–H groups in total. The van der Waals surface area contributed by atoms with Gasteiger partial charge in [-0.15, -0.1) is 11.3 Å². The SMILES string of the molecule is CC1c2ccsc2CCN1C(=O)c1ccccc1N. The Morgan fingerprint density at radius 2 is 2.16 bits per heavy atom. The molecule has 2 aromatic rings. The maximum absolute atomic E-state index is 12.6. The number of benzene rings is 1. The molecule has 1 unspecified atom stereocenters. The van der Waals surface area contributed by atoms with E-state index >= 15 is 0 Å². The van der Waals surface area contributed by atoms with Crippen LogP contribution in [0, 0.1) is 0 Å². The molecule has 0 saturated heterocycles. The number of carbonyl (C=O) groups is 1. The first-order valence-electron chi connectivity index (χ1n) is 6.40. The van der Waals surface area contributed by atoms with Crippen molar-refractivity contribution < 1.29 is 4.79 Å². The summed E-state index contributed by atoms with van der Waals surface area (Å²) in [5.41, 5.74) is 8.34. The lowest BCUT2D eigenvalue weighted by Crippen LogP contribution is -2.38. The van der Waals surface area contributed by atoms with Crippen molar-refractivity contribution in [2.75, 3.05) is 12.3 Å². The van der Waals surface area contributed by atoms with Crippen molar-refractivity contribution in [1.82, 2.24) is 4.90 Å². The molecule has 0 spiro atoms. The maximum Gasteiger partial charge on any atom is 0.256 e. The average molecular weight is 272 g/mol. The van der Waals surface area contributed by atoms with Crippen LogP contribution in [0.4, 0.5) is 5.69 Å². The van der Waals surface area contributed by atoms with Crippen molar-refractivity contribution in [3.05, 3.63) is 51.7 Å². The minimum Gasteiger partial charge on any atom is -0.398 e. The number of fused-ring (bicyclic) bond motifs is 1. The molecule has 1 aliphatic heterocycles. The Kier molecular flexibility index (Phi) is 3.03. The summed E-state index contributed by atoms with van der Waals surface area (Å²) >= 11 is 1.78.